The van der Waals surface area contributed by atoms with E-state index in [9.17, 15) is 14.4 Å². The monoisotopic (exact) mass is 392 g/mol. The Bertz CT molecular complexity index is 943. The second-order valence-corrected chi connectivity index (χ2v) is 7.70. The molecular formula is C23H24N2O4. The molecule has 150 valence electrons. The number of esters is 1. The number of fused-ring (bicyclic) bond motifs is 1. The Morgan fingerprint density at radius 2 is 1.55 bits per heavy atom. The van der Waals surface area contributed by atoms with Gasteiger partial charge in [-0.15, -0.1) is 0 Å². The van der Waals surface area contributed by atoms with Gasteiger partial charge in [0.25, 0.3) is 5.91 Å². The van der Waals surface area contributed by atoms with Crippen molar-refractivity contribution in [3.63, 3.8) is 0 Å². The van der Waals surface area contributed by atoms with Gasteiger partial charge in [0.2, 0.25) is 5.91 Å². The van der Waals surface area contributed by atoms with Gasteiger partial charge in [-0.1, -0.05) is 42.5 Å². The third kappa shape index (κ3) is 3.39. The lowest BCUT2D eigenvalue weighted by molar-refractivity contribution is -0.130. The van der Waals surface area contributed by atoms with Crippen LogP contribution in [0, 0.1) is 11.8 Å². The molecule has 6 nitrogen and oxygen atoms in total. The van der Waals surface area contributed by atoms with E-state index in [1.165, 1.54) is 7.11 Å². The SMILES string of the molecule is COC(=O)c1ccccc1C(=O)N1C[C@@H]2CN(C(C)=O)[C@@H](c3ccccc3)[C@@H]2C1. The normalized spacial score (nSPS) is 23.0. The Labute approximate surface area is 170 Å². The van der Waals surface area contributed by atoms with Crippen molar-refractivity contribution >= 4 is 17.8 Å². The van der Waals surface area contributed by atoms with E-state index in [1.54, 1.807) is 31.2 Å². The van der Waals surface area contributed by atoms with Gasteiger partial charge >= 0.3 is 5.97 Å². The fourth-order valence-corrected chi connectivity index (χ4v) is 4.74. The Morgan fingerprint density at radius 1 is 0.897 bits per heavy atom. The number of carbonyl (C=O) groups is 3. The van der Waals surface area contributed by atoms with Crippen LogP contribution in [0.2, 0.25) is 0 Å². The summed E-state index contributed by atoms with van der Waals surface area (Å²) < 4.78 is 4.83. The van der Waals surface area contributed by atoms with Gasteiger partial charge in [-0.3, -0.25) is 9.59 Å². The zero-order valence-corrected chi connectivity index (χ0v) is 16.6. The van der Waals surface area contributed by atoms with Crippen LogP contribution in [-0.4, -0.2) is 54.3 Å². The lowest BCUT2D eigenvalue weighted by Gasteiger charge is -2.29. The number of amides is 2. The van der Waals surface area contributed by atoms with Gasteiger partial charge in [0.1, 0.15) is 0 Å². The predicted molar refractivity (Wildman–Crippen MR) is 107 cm³/mol. The molecule has 0 radical (unpaired) electrons. The summed E-state index contributed by atoms with van der Waals surface area (Å²) in [6.07, 6.45) is 0. The van der Waals surface area contributed by atoms with Crippen LogP contribution in [0.25, 0.3) is 0 Å². The molecule has 2 aliphatic heterocycles. The van der Waals surface area contributed by atoms with Crippen molar-refractivity contribution in [2.45, 2.75) is 13.0 Å². The first-order valence-corrected chi connectivity index (χ1v) is 9.80. The molecule has 4 rings (SSSR count). The molecule has 3 atom stereocenters. The van der Waals surface area contributed by atoms with E-state index in [4.69, 9.17) is 4.74 Å². The minimum atomic E-state index is -0.516. The number of hydrogen-bond donors (Lipinski definition) is 0. The number of likely N-dealkylation sites (tertiary alicyclic amines) is 2. The minimum absolute atomic E-state index is 0.0349. The fraction of sp³-hybridized carbons (Fsp3) is 0.348. The molecule has 0 saturated carbocycles. The lowest BCUT2D eigenvalue weighted by atomic mass is 9.89. The summed E-state index contributed by atoms with van der Waals surface area (Å²) >= 11 is 0. The Morgan fingerprint density at radius 3 is 2.21 bits per heavy atom. The highest BCUT2D eigenvalue weighted by molar-refractivity contribution is 6.05. The molecule has 6 heteroatoms. The molecule has 2 fully saturated rings. The highest BCUT2D eigenvalue weighted by Gasteiger charge is 2.49. The largest absolute Gasteiger partial charge is 0.465 e. The van der Waals surface area contributed by atoms with E-state index < -0.39 is 5.97 Å². The average Bonchev–Trinajstić information content (AvgIpc) is 3.31. The van der Waals surface area contributed by atoms with Crippen LogP contribution >= 0.6 is 0 Å². The molecule has 2 saturated heterocycles. The van der Waals surface area contributed by atoms with Crippen LogP contribution in [-0.2, 0) is 9.53 Å². The molecule has 0 bridgehead atoms. The third-order valence-electron chi connectivity index (χ3n) is 6.06. The molecule has 0 aliphatic carbocycles. The maximum Gasteiger partial charge on any atom is 0.338 e. The Kier molecular flexibility index (Phi) is 5.09. The van der Waals surface area contributed by atoms with Gasteiger partial charge in [0, 0.05) is 38.4 Å². The van der Waals surface area contributed by atoms with Crippen LogP contribution < -0.4 is 0 Å². The summed E-state index contributed by atoms with van der Waals surface area (Å²) in [6, 6.07) is 16.7. The maximum atomic E-state index is 13.2. The topological polar surface area (TPSA) is 66.9 Å². The van der Waals surface area contributed by atoms with Gasteiger partial charge in [0.05, 0.1) is 24.3 Å². The standard InChI is InChI=1S/C23H24N2O4/c1-15(26)25-13-17-12-24(14-20(17)21(25)16-8-4-3-5-9-16)22(27)18-10-6-7-11-19(18)23(28)29-2/h3-11,17,20-21H,12-14H2,1-2H3/t17-,20-,21+/m1/s1. The molecular weight excluding hydrogens is 368 g/mol. The molecule has 2 amide bonds. The van der Waals surface area contributed by atoms with Crippen LogP contribution in [0.5, 0.6) is 0 Å². The molecule has 0 aromatic heterocycles. The van der Waals surface area contributed by atoms with Gasteiger partial charge in [-0.25, -0.2) is 4.79 Å². The van der Waals surface area contributed by atoms with Crippen molar-refractivity contribution in [3.05, 3.63) is 71.3 Å². The number of nitrogens with zero attached hydrogens (tertiary/aromatic N) is 2. The number of hydrogen-bond acceptors (Lipinski definition) is 4. The Balaban J connectivity index is 1.60. The van der Waals surface area contributed by atoms with Crippen molar-refractivity contribution in [1.82, 2.24) is 9.80 Å². The van der Waals surface area contributed by atoms with Gasteiger partial charge in [-0.05, 0) is 17.7 Å². The number of methoxy groups -OCH3 is 1. The summed E-state index contributed by atoms with van der Waals surface area (Å²) in [5, 5.41) is 0. The third-order valence-corrected chi connectivity index (χ3v) is 6.06. The summed E-state index contributed by atoms with van der Waals surface area (Å²) in [7, 11) is 1.31. The van der Waals surface area contributed by atoms with E-state index in [0.29, 0.717) is 25.2 Å². The summed E-state index contributed by atoms with van der Waals surface area (Å²) in [5.74, 6) is -0.226. The highest BCUT2D eigenvalue weighted by atomic mass is 16.5. The first-order chi connectivity index (χ1) is 14.0. The fourth-order valence-electron chi connectivity index (χ4n) is 4.74. The van der Waals surface area contributed by atoms with Crippen molar-refractivity contribution < 1.29 is 19.1 Å². The number of carbonyl (C=O) groups excluding carboxylic acids is 3. The highest BCUT2D eigenvalue weighted by Crippen LogP contribution is 2.45. The van der Waals surface area contributed by atoms with Crippen LogP contribution in [0.1, 0.15) is 39.2 Å². The molecule has 0 spiro atoms. The maximum absolute atomic E-state index is 13.2. The van der Waals surface area contributed by atoms with E-state index in [2.05, 4.69) is 0 Å². The summed E-state index contributed by atoms with van der Waals surface area (Å²) in [5.41, 5.74) is 1.74. The molecule has 29 heavy (non-hydrogen) atoms. The van der Waals surface area contributed by atoms with E-state index >= 15 is 0 Å². The number of ether oxygens (including phenoxy) is 1. The first-order valence-electron chi connectivity index (χ1n) is 9.80. The van der Waals surface area contributed by atoms with E-state index in [1.807, 2.05) is 40.1 Å². The number of benzene rings is 2. The second kappa shape index (κ2) is 7.70. The van der Waals surface area contributed by atoms with Gasteiger partial charge in [-0.2, -0.15) is 0 Å². The zero-order chi connectivity index (χ0) is 20.5. The first kappa shape index (κ1) is 19.2. The van der Waals surface area contributed by atoms with Crippen molar-refractivity contribution in [2.24, 2.45) is 11.8 Å². The van der Waals surface area contributed by atoms with E-state index in [0.717, 1.165) is 5.56 Å². The molecule has 2 aliphatic rings. The molecule has 2 aromatic carbocycles. The molecule has 2 heterocycles. The summed E-state index contributed by atoms with van der Waals surface area (Å²) in [6.45, 7) is 3.38. The van der Waals surface area contributed by atoms with Crippen LogP contribution in [0.3, 0.4) is 0 Å². The van der Waals surface area contributed by atoms with Crippen LogP contribution in [0.4, 0.5) is 0 Å². The second-order valence-electron chi connectivity index (χ2n) is 7.70. The molecule has 0 N–H and O–H groups in total. The predicted octanol–water partition coefficient (Wildman–Crippen LogP) is 2.76. The van der Waals surface area contributed by atoms with Gasteiger partial charge < -0.3 is 14.5 Å². The van der Waals surface area contributed by atoms with Crippen LogP contribution in [0.15, 0.2) is 54.6 Å². The smallest absolute Gasteiger partial charge is 0.338 e. The molecule has 0 unspecified atom stereocenters. The number of rotatable bonds is 3. The van der Waals surface area contributed by atoms with Crippen molar-refractivity contribution in [3.8, 4) is 0 Å². The van der Waals surface area contributed by atoms with Crippen molar-refractivity contribution in [1.29, 1.82) is 0 Å². The van der Waals surface area contributed by atoms with Gasteiger partial charge in [0.15, 0.2) is 0 Å². The molecule has 2 aromatic rings. The zero-order valence-electron chi connectivity index (χ0n) is 16.6. The summed E-state index contributed by atoms with van der Waals surface area (Å²) in [4.78, 5) is 41.3. The minimum Gasteiger partial charge on any atom is -0.465 e. The van der Waals surface area contributed by atoms with Crippen molar-refractivity contribution in [2.75, 3.05) is 26.7 Å². The quantitative estimate of drug-likeness (QED) is 0.754. The Hall–Kier alpha value is -3.15. The lowest BCUT2D eigenvalue weighted by Crippen LogP contribution is -2.37. The average molecular weight is 392 g/mol. The van der Waals surface area contributed by atoms with E-state index in [-0.39, 0.29) is 35.3 Å².